The molecule has 0 atom stereocenters. The zero-order valence-electron chi connectivity index (χ0n) is 19.8. The molecule has 1 aromatic carbocycles. The molecule has 1 amide bonds. The molecule has 0 radical (unpaired) electrons. The first kappa shape index (κ1) is 24.9. The highest BCUT2D eigenvalue weighted by Gasteiger charge is 2.28. The number of benzene rings is 1. The number of carbonyl (C=O) groups is 2. The summed E-state index contributed by atoms with van der Waals surface area (Å²) in [6, 6.07) is 6.20. The second kappa shape index (κ2) is 10.0. The number of hydrogen-bond acceptors (Lipinski definition) is 7. The molecular weight excluding hydrogens is 443 g/mol. The third kappa shape index (κ3) is 5.42. The molecule has 1 fully saturated rings. The van der Waals surface area contributed by atoms with Crippen LogP contribution in [0.5, 0.6) is 5.75 Å². The van der Waals surface area contributed by atoms with Crippen molar-refractivity contribution in [2.75, 3.05) is 32.5 Å². The molecule has 0 aliphatic carbocycles. The highest BCUT2D eigenvalue weighted by atomic mass is 19.1. The summed E-state index contributed by atoms with van der Waals surface area (Å²) in [5.41, 5.74) is 5.12. The Morgan fingerprint density at radius 2 is 1.94 bits per heavy atom. The van der Waals surface area contributed by atoms with Crippen LogP contribution < -0.4 is 10.5 Å². The number of nitrogens with zero attached hydrogens (tertiary/aromatic N) is 3. The Kier molecular flexibility index (Phi) is 7.35. The first-order valence-electron chi connectivity index (χ1n) is 10.9. The maximum atomic E-state index is 14.9. The van der Waals surface area contributed by atoms with Gasteiger partial charge in [0.15, 0.2) is 11.5 Å². The van der Waals surface area contributed by atoms with Gasteiger partial charge in [0, 0.05) is 19.3 Å². The van der Waals surface area contributed by atoms with E-state index in [1.165, 1.54) is 30.0 Å². The third-order valence-electron chi connectivity index (χ3n) is 5.48. The Labute approximate surface area is 197 Å². The maximum Gasteiger partial charge on any atom is 0.410 e. The van der Waals surface area contributed by atoms with Gasteiger partial charge in [-0.05, 0) is 51.7 Å². The first-order chi connectivity index (χ1) is 16.1. The van der Waals surface area contributed by atoms with E-state index in [-0.39, 0.29) is 47.0 Å². The lowest BCUT2D eigenvalue weighted by Gasteiger charge is -2.33. The monoisotopic (exact) mass is 472 g/mol. The number of hydrogen-bond donors (Lipinski definition) is 1. The average molecular weight is 473 g/mol. The number of halogens is 1. The molecule has 9 nitrogen and oxygen atoms in total. The van der Waals surface area contributed by atoms with Gasteiger partial charge in [-0.3, -0.25) is 0 Å². The SMILES string of the molecule is COC(=O)c1c(N)c(C#N)cn1-c1c(F)cccc1OCC1CCN(C(=O)OC(C)(C)C)CC1. The normalized spacial score (nSPS) is 14.4. The molecule has 0 spiro atoms. The van der Waals surface area contributed by atoms with Crippen LogP contribution >= 0.6 is 0 Å². The fourth-order valence-electron chi connectivity index (χ4n) is 3.75. The van der Waals surface area contributed by atoms with Gasteiger partial charge in [0.05, 0.1) is 25.0 Å². The van der Waals surface area contributed by atoms with Crippen LogP contribution in [0, 0.1) is 23.1 Å². The van der Waals surface area contributed by atoms with Gasteiger partial charge in [-0.1, -0.05) is 6.07 Å². The number of ether oxygens (including phenoxy) is 3. The number of anilines is 1. The van der Waals surface area contributed by atoms with Crippen molar-refractivity contribution in [3.8, 4) is 17.5 Å². The molecule has 3 rings (SSSR count). The van der Waals surface area contributed by atoms with E-state index in [0.717, 1.165) is 0 Å². The van der Waals surface area contributed by atoms with Crippen molar-refractivity contribution < 1.29 is 28.2 Å². The lowest BCUT2D eigenvalue weighted by Crippen LogP contribution is -2.42. The van der Waals surface area contributed by atoms with Crippen LogP contribution in [0.2, 0.25) is 0 Å². The van der Waals surface area contributed by atoms with Crippen LogP contribution in [0.3, 0.4) is 0 Å². The molecule has 1 aromatic heterocycles. The number of para-hydroxylation sites is 1. The molecule has 2 aromatic rings. The predicted octanol–water partition coefficient (Wildman–Crippen LogP) is 3.88. The summed E-state index contributed by atoms with van der Waals surface area (Å²) in [6.07, 6.45) is 2.35. The van der Waals surface area contributed by atoms with Gasteiger partial charge in [-0.15, -0.1) is 0 Å². The van der Waals surface area contributed by atoms with Crippen molar-refractivity contribution in [1.82, 2.24) is 9.47 Å². The number of aromatic nitrogens is 1. The minimum absolute atomic E-state index is 0.0177. The molecule has 1 aliphatic rings. The largest absolute Gasteiger partial charge is 0.491 e. The van der Waals surface area contributed by atoms with E-state index in [0.29, 0.717) is 25.9 Å². The summed E-state index contributed by atoms with van der Waals surface area (Å²) >= 11 is 0. The van der Waals surface area contributed by atoms with E-state index in [1.807, 2.05) is 26.8 Å². The van der Waals surface area contributed by atoms with E-state index in [2.05, 4.69) is 0 Å². The number of rotatable bonds is 5. The third-order valence-corrected chi connectivity index (χ3v) is 5.48. The molecule has 34 heavy (non-hydrogen) atoms. The summed E-state index contributed by atoms with van der Waals surface area (Å²) in [5, 5.41) is 9.34. The lowest BCUT2D eigenvalue weighted by atomic mass is 9.98. The first-order valence-corrected chi connectivity index (χ1v) is 10.9. The van der Waals surface area contributed by atoms with E-state index in [4.69, 9.17) is 19.9 Å². The number of methoxy groups -OCH3 is 1. The molecule has 1 saturated heterocycles. The van der Waals surface area contributed by atoms with Crippen molar-refractivity contribution >= 4 is 17.7 Å². The predicted molar refractivity (Wildman–Crippen MR) is 122 cm³/mol. The standard InChI is InChI=1S/C24H29FN4O5/c1-24(2,3)34-23(31)28-10-8-15(9-11-28)14-33-18-7-5-6-17(25)20(18)29-13-16(12-26)19(27)21(29)22(30)32-4/h5-7,13,15H,8-11,14,27H2,1-4H3. The van der Waals surface area contributed by atoms with Crippen molar-refractivity contribution in [2.45, 2.75) is 39.2 Å². The van der Waals surface area contributed by atoms with Gasteiger partial charge in [0.2, 0.25) is 0 Å². The van der Waals surface area contributed by atoms with Crippen LogP contribution in [-0.4, -0.2) is 53.9 Å². The van der Waals surface area contributed by atoms with Gasteiger partial charge in [-0.2, -0.15) is 5.26 Å². The van der Waals surface area contributed by atoms with Gasteiger partial charge < -0.3 is 29.4 Å². The number of nitrogen functional groups attached to an aromatic ring is 1. The average Bonchev–Trinajstić information content (AvgIpc) is 3.12. The second-order valence-electron chi connectivity index (χ2n) is 9.09. The summed E-state index contributed by atoms with van der Waals surface area (Å²) in [5.74, 6) is -1.12. The van der Waals surface area contributed by atoms with Gasteiger partial charge in [-0.25, -0.2) is 14.0 Å². The number of esters is 1. The van der Waals surface area contributed by atoms with E-state index in [1.54, 1.807) is 11.0 Å². The van der Waals surface area contributed by atoms with Gasteiger partial charge in [0.1, 0.15) is 23.1 Å². The highest BCUT2D eigenvalue weighted by Crippen LogP contribution is 2.33. The highest BCUT2D eigenvalue weighted by molar-refractivity contribution is 5.96. The van der Waals surface area contributed by atoms with Crippen molar-refractivity contribution in [3.63, 3.8) is 0 Å². The van der Waals surface area contributed by atoms with Crippen LogP contribution in [-0.2, 0) is 9.47 Å². The van der Waals surface area contributed by atoms with Crippen LogP contribution in [0.15, 0.2) is 24.4 Å². The molecule has 1 aliphatic heterocycles. The van der Waals surface area contributed by atoms with Crippen LogP contribution in [0.25, 0.3) is 5.69 Å². The Morgan fingerprint density at radius 1 is 1.26 bits per heavy atom. The molecule has 0 saturated carbocycles. The Morgan fingerprint density at radius 3 is 2.53 bits per heavy atom. The molecule has 182 valence electrons. The molecule has 0 bridgehead atoms. The minimum atomic E-state index is -0.803. The number of amides is 1. The van der Waals surface area contributed by atoms with Crippen molar-refractivity contribution in [2.24, 2.45) is 5.92 Å². The Hall–Kier alpha value is -3.74. The van der Waals surface area contributed by atoms with Crippen molar-refractivity contribution in [3.05, 3.63) is 41.5 Å². The van der Waals surface area contributed by atoms with Gasteiger partial charge in [0.25, 0.3) is 0 Å². The number of piperidine rings is 1. The number of carbonyl (C=O) groups excluding carboxylic acids is 2. The van der Waals surface area contributed by atoms with E-state index >= 15 is 0 Å². The maximum absolute atomic E-state index is 14.9. The smallest absolute Gasteiger partial charge is 0.410 e. The zero-order chi connectivity index (χ0) is 25.0. The van der Waals surface area contributed by atoms with Crippen molar-refractivity contribution in [1.29, 1.82) is 5.26 Å². The number of likely N-dealkylation sites (tertiary alicyclic amines) is 1. The summed E-state index contributed by atoms with van der Waals surface area (Å²) in [6.45, 7) is 6.83. The van der Waals surface area contributed by atoms with E-state index < -0.39 is 17.4 Å². The topological polar surface area (TPSA) is 120 Å². The zero-order valence-corrected chi connectivity index (χ0v) is 19.8. The van der Waals surface area contributed by atoms with Gasteiger partial charge >= 0.3 is 12.1 Å². The summed E-state index contributed by atoms with van der Waals surface area (Å²) in [7, 11) is 1.17. The molecule has 2 heterocycles. The number of nitriles is 1. The van der Waals surface area contributed by atoms with Crippen LogP contribution in [0.1, 0.15) is 49.7 Å². The van der Waals surface area contributed by atoms with E-state index in [9.17, 15) is 19.2 Å². The Balaban J connectivity index is 1.76. The Bertz CT molecular complexity index is 1110. The number of nitrogens with two attached hydrogens (primary N) is 1. The minimum Gasteiger partial charge on any atom is -0.491 e. The van der Waals surface area contributed by atoms with Crippen LogP contribution in [0.4, 0.5) is 14.9 Å². The fourth-order valence-corrected chi connectivity index (χ4v) is 3.75. The molecule has 10 heteroatoms. The lowest BCUT2D eigenvalue weighted by molar-refractivity contribution is 0.0164. The second-order valence-corrected chi connectivity index (χ2v) is 9.09. The summed E-state index contributed by atoms with van der Waals surface area (Å²) < 4.78 is 32.3. The molecular formula is C24H29FN4O5. The quantitative estimate of drug-likeness (QED) is 0.656. The molecule has 2 N–H and O–H groups in total. The summed E-state index contributed by atoms with van der Waals surface area (Å²) in [4.78, 5) is 26.3. The fraction of sp³-hybridized carbons (Fsp3) is 0.458. The molecule has 0 unspecified atom stereocenters.